The number of carbonyl (C=O) groups excluding carboxylic acids is 2. The number of carbonyl (C=O) groups is 2. The number of imidazole rings is 1. The van der Waals surface area contributed by atoms with Crippen molar-refractivity contribution in [3.8, 4) is 0 Å². The van der Waals surface area contributed by atoms with Crippen LogP contribution in [0, 0.1) is 156 Å². The SMILES string of the molecule is C.C=C.CC(=O)C1CC[C@H]2[C@@H]3CC[C@H]4C[C@@H](C)CC[C@]4(C)[C@H]3CC[C@]12C.CCC[C@@H]1CC[C@@H]2[C@H](CC[C@]3(C)C(C(=O)CBr)CC[C@@H]23)[C@@]1(C)CC.C[C@]12CC[C@H](O)C[C@@H]1CC[C@@H]1[C@@H]2CC[C@]2(C)C(c3cnc[nH]3)CC[C@@H]12.C[C@]12CC[C@H](O)C[C@@H]1CC[C@@H]1[C@@H]2CC[C@]2(C)C(c3cscn3)CC[C@@H]12. The van der Waals surface area contributed by atoms with Crippen molar-refractivity contribution in [3.63, 3.8) is 0 Å². The number of nitrogens with one attached hydrogen (secondary N) is 1. The third-order valence-corrected chi connectivity index (χ3v) is 38.5. The van der Waals surface area contributed by atoms with Gasteiger partial charge in [0.05, 0.1) is 35.1 Å². The van der Waals surface area contributed by atoms with Gasteiger partial charge in [-0.1, -0.05) is 125 Å². The number of aromatic amines is 1. The van der Waals surface area contributed by atoms with Crippen molar-refractivity contribution >= 4 is 38.8 Å². The minimum Gasteiger partial charge on any atom is -0.393 e. The average molecular weight is 1460 g/mol. The van der Waals surface area contributed by atoms with E-state index in [1.807, 2.05) is 18.8 Å². The van der Waals surface area contributed by atoms with E-state index in [1.165, 1.54) is 210 Å². The zero-order valence-electron chi connectivity index (χ0n) is 65.1. The highest BCUT2D eigenvalue weighted by Crippen LogP contribution is 2.73. The molecule has 31 atom stereocenters. The van der Waals surface area contributed by atoms with Gasteiger partial charge in [-0.25, -0.2) is 9.97 Å². The number of alkyl halides is 1. The van der Waals surface area contributed by atoms with Crippen molar-refractivity contribution in [1.82, 2.24) is 15.0 Å². The molecule has 0 bridgehead atoms. The fraction of sp³-hybridized carbons (Fsp3) is 0.890. The summed E-state index contributed by atoms with van der Waals surface area (Å²) in [5.41, 5.74) is 8.50. The van der Waals surface area contributed by atoms with Gasteiger partial charge in [0.15, 0.2) is 0 Å². The number of hydrogen-bond donors (Lipinski definition) is 3. The van der Waals surface area contributed by atoms with Crippen LogP contribution in [0.4, 0.5) is 0 Å². The molecule has 2 aromatic heterocycles. The minimum atomic E-state index is -0.0280. The number of aliphatic hydroxyl groups excluding tert-OH is 2. The Morgan fingerprint density at radius 1 is 0.530 bits per heavy atom. The van der Waals surface area contributed by atoms with Gasteiger partial charge < -0.3 is 15.2 Å². The summed E-state index contributed by atoms with van der Waals surface area (Å²) in [6, 6.07) is 0. The predicted molar refractivity (Wildman–Crippen MR) is 420 cm³/mol. The first-order chi connectivity index (χ1) is 47.3. The Morgan fingerprint density at radius 3 is 1.45 bits per heavy atom. The topological polar surface area (TPSA) is 116 Å². The molecule has 3 N–H and O–H groups in total. The third-order valence-electron chi connectivity index (χ3n) is 37.4. The van der Waals surface area contributed by atoms with Crippen LogP contribution in [0.25, 0.3) is 0 Å². The molecule has 0 amide bonds. The summed E-state index contributed by atoms with van der Waals surface area (Å²) >= 11 is 5.21. The summed E-state index contributed by atoms with van der Waals surface area (Å²) in [6.07, 6.45) is 51.9. The molecular formula is C91H148BrN3O4S. The summed E-state index contributed by atoms with van der Waals surface area (Å²) in [6.45, 7) is 35.7. The standard InChI is InChI=1S/C22H37BrO.C22H34N2O.C22H33NOS.C22H36O.C2H4.CH4/c1-5-7-15-8-9-16-17-10-11-19(20(24)14-23)22(17,4)13-12-18(16)21(15,3)6-2;1-21-9-7-15(25)11-14(21)3-4-16-17-5-6-19(20-12-23-13-24-20)22(17,2)10-8-18(16)21;1-21-9-7-15(24)11-14(21)3-4-16-17-5-6-19(20-12-25-13-23-20)22(17,2)10-8-18(16)21;1-14-9-11-21(3)16(13-14)5-6-17-19-8-7-18(15(2)23)22(19,4)12-10-20(17)21;1-2;/h15-19H,5-14H2,1-4H3;12-19,25H,3-11H2,1-2H3,(H,23,24);12-19,24H,3-11H2,1-2H3;14,16-20H,5-13H2,1-4H3;1-2H2;1H4/t15-,16+,17+,18+,19?,21+,22+;2*14-,15-,16-,17-,18-,19?,21-,22-;14-,16-,17-,18?,19-,20-,21-,22+;;/m1000../s1. The number of aliphatic hydroxyl groups is 2. The maximum absolute atomic E-state index is 12.5. The van der Waals surface area contributed by atoms with Crippen LogP contribution in [0.3, 0.4) is 0 Å². The summed E-state index contributed by atoms with van der Waals surface area (Å²) in [7, 11) is 0. The molecule has 0 radical (unpaired) electrons. The fourth-order valence-electron chi connectivity index (χ4n) is 32.0. The van der Waals surface area contributed by atoms with E-state index in [0.717, 1.165) is 133 Å². The molecule has 0 aliphatic heterocycles. The second kappa shape index (κ2) is 30.4. The van der Waals surface area contributed by atoms with Gasteiger partial charge in [0.2, 0.25) is 0 Å². The highest BCUT2D eigenvalue weighted by atomic mass is 79.9. The second-order valence-electron chi connectivity index (χ2n) is 40.3. The first-order valence-electron chi connectivity index (χ1n) is 42.6. The van der Waals surface area contributed by atoms with Crippen molar-refractivity contribution in [1.29, 1.82) is 0 Å². The average Bonchev–Trinajstić information content (AvgIpc) is 1.23. The molecule has 100 heavy (non-hydrogen) atoms. The molecular weight excluding hydrogens is 1310 g/mol. The maximum atomic E-state index is 12.5. The van der Waals surface area contributed by atoms with Crippen LogP contribution in [0.5, 0.6) is 0 Å². The van der Waals surface area contributed by atoms with E-state index in [-0.39, 0.29) is 25.0 Å². The fourth-order valence-corrected chi connectivity index (χ4v) is 33.0. The summed E-state index contributed by atoms with van der Waals surface area (Å²) in [4.78, 5) is 37.2. The molecule has 7 nitrogen and oxygen atoms in total. The molecule has 9 heteroatoms. The van der Waals surface area contributed by atoms with Crippen LogP contribution >= 0.6 is 27.3 Å². The van der Waals surface area contributed by atoms with E-state index in [1.54, 1.807) is 11.3 Å². The molecule has 15 aliphatic carbocycles. The van der Waals surface area contributed by atoms with Gasteiger partial charge in [-0.15, -0.1) is 24.5 Å². The highest BCUT2D eigenvalue weighted by Gasteiger charge is 2.65. The van der Waals surface area contributed by atoms with E-state index >= 15 is 0 Å². The number of ketones is 2. The molecule has 17 rings (SSSR count). The lowest BCUT2D eigenvalue weighted by Crippen LogP contribution is -2.53. The van der Waals surface area contributed by atoms with E-state index < -0.39 is 0 Å². The Hall–Kier alpha value is -1.68. The van der Waals surface area contributed by atoms with Gasteiger partial charge in [0.25, 0.3) is 0 Å². The van der Waals surface area contributed by atoms with Gasteiger partial charge in [0, 0.05) is 40.9 Å². The van der Waals surface area contributed by atoms with Crippen LogP contribution in [0.1, 0.15) is 345 Å². The lowest BCUT2D eigenvalue weighted by atomic mass is 9.44. The molecule has 0 aromatic carbocycles. The normalized spacial score (nSPS) is 50.5. The number of H-pyrrole nitrogens is 1. The zero-order valence-corrected chi connectivity index (χ0v) is 67.5. The lowest BCUT2D eigenvalue weighted by Gasteiger charge is -2.61. The van der Waals surface area contributed by atoms with Crippen molar-refractivity contribution < 1.29 is 19.8 Å². The molecule has 4 unspecified atom stereocenters. The van der Waals surface area contributed by atoms with Crippen molar-refractivity contribution in [3.05, 3.63) is 48.0 Å². The summed E-state index contributed by atoms with van der Waals surface area (Å²) < 4.78 is 0. The first kappa shape index (κ1) is 77.9. The largest absolute Gasteiger partial charge is 0.393 e. The number of halogens is 1. The number of fused-ring (bicyclic) bond motifs is 18. The molecule has 0 spiro atoms. The van der Waals surface area contributed by atoms with Crippen molar-refractivity contribution in [2.45, 2.75) is 346 Å². The molecule has 2 heterocycles. The minimum absolute atomic E-state index is 0. The smallest absolute Gasteiger partial charge is 0.147 e. The third kappa shape index (κ3) is 13.1. The number of nitrogens with zero attached hydrogens (tertiary/aromatic N) is 2. The number of rotatable bonds is 8. The van der Waals surface area contributed by atoms with Crippen LogP contribution in [0.15, 0.2) is 36.6 Å². The predicted octanol–water partition coefficient (Wildman–Crippen LogP) is 24.5. The molecule has 2 aromatic rings. The first-order valence-corrected chi connectivity index (χ1v) is 44.7. The van der Waals surface area contributed by atoms with E-state index in [9.17, 15) is 19.8 Å². The lowest BCUT2D eigenvalue weighted by molar-refractivity contribution is -0.135. The van der Waals surface area contributed by atoms with Crippen LogP contribution in [-0.2, 0) is 9.59 Å². The molecule has 15 aliphatic rings. The van der Waals surface area contributed by atoms with Gasteiger partial charge in [-0.2, -0.15) is 0 Å². The molecule has 15 saturated carbocycles. The molecule has 0 saturated heterocycles. The van der Waals surface area contributed by atoms with Gasteiger partial charge in [-0.05, 0) is 356 Å². The van der Waals surface area contributed by atoms with Gasteiger partial charge >= 0.3 is 0 Å². The van der Waals surface area contributed by atoms with Gasteiger partial charge in [0.1, 0.15) is 11.6 Å². The number of Topliss-reactive ketones (excluding diaryl/α,β-unsaturated/α-hetero) is 2. The molecule has 15 fully saturated rings. The molecule has 564 valence electrons. The van der Waals surface area contributed by atoms with Crippen LogP contribution < -0.4 is 0 Å². The van der Waals surface area contributed by atoms with E-state index in [2.05, 4.69) is 127 Å². The number of aromatic nitrogens is 3. The highest BCUT2D eigenvalue weighted by molar-refractivity contribution is 9.09. The summed E-state index contributed by atoms with van der Waals surface area (Å²) in [5.74, 6) is 18.2. The maximum Gasteiger partial charge on any atom is 0.147 e. The van der Waals surface area contributed by atoms with Crippen LogP contribution in [0.2, 0.25) is 0 Å². The second-order valence-corrected chi connectivity index (χ2v) is 41.6. The quantitative estimate of drug-likeness (QED) is 0.179. The Balaban J connectivity index is 0.000000125. The Kier molecular flexibility index (Phi) is 23.7. The Labute approximate surface area is 624 Å². The van der Waals surface area contributed by atoms with Crippen molar-refractivity contribution in [2.75, 3.05) is 5.33 Å². The Morgan fingerprint density at radius 2 is 0.960 bits per heavy atom. The van der Waals surface area contributed by atoms with E-state index in [4.69, 9.17) is 4.98 Å². The Bertz CT molecular complexity index is 2930. The number of thiazole rings is 1. The van der Waals surface area contributed by atoms with Crippen molar-refractivity contribution in [2.24, 2.45) is 156 Å². The summed E-state index contributed by atoms with van der Waals surface area (Å²) in [5, 5.41) is 23.2. The van der Waals surface area contributed by atoms with E-state index in [0.29, 0.717) is 78.5 Å². The van der Waals surface area contributed by atoms with Crippen LogP contribution in [-0.4, -0.2) is 54.3 Å². The van der Waals surface area contributed by atoms with Gasteiger partial charge in [-0.3, -0.25) is 9.59 Å². The zero-order chi connectivity index (χ0) is 70.4. The monoisotopic (exact) mass is 1460 g/mol. The number of hydrogen-bond acceptors (Lipinski definition) is 7.